The number of hydrogen-bond donors (Lipinski definition) is 1. The van der Waals surface area contributed by atoms with E-state index in [2.05, 4.69) is 4.62 Å². The summed E-state index contributed by atoms with van der Waals surface area (Å²) in [5.74, 6) is 5.30. The average Bonchev–Trinajstić information content (AvgIpc) is 3.33. The van der Waals surface area contributed by atoms with E-state index in [4.69, 9.17) is 10.4 Å². The zero-order chi connectivity index (χ0) is 25.8. The number of benzene rings is 3. The van der Waals surface area contributed by atoms with Gasteiger partial charge in [0.2, 0.25) is 0 Å². The van der Waals surface area contributed by atoms with E-state index in [9.17, 15) is 23.1 Å². The van der Waals surface area contributed by atoms with Crippen molar-refractivity contribution in [2.24, 2.45) is 5.90 Å². The largest absolute Gasteiger partial charge is 0.423 e. The van der Waals surface area contributed by atoms with Crippen LogP contribution in [-0.2, 0) is 25.6 Å². The highest BCUT2D eigenvalue weighted by Crippen LogP contribution is 2.48. The summed E-state index contributed by atoms with van der Waals surface area (Å²) in [4.78, 5) is 10.3. The first-order valence-corrected chi connectivity index (χ1v) is 14.6. The highest BCUT2D eigenvalue weighted by molar-refractivity contribution is 7.91. The van der Waals surface area contributed by atoms with Gasteiger partial charge in [0.1, 0.15) is 16.2 Å². The topological polar surface area (TPSA) is 142 Å². The first-order chi connectivity index (χ1) is 17.2. The van der Waals surface area contributed by atoms with Crippen molar-refractivity contribution >= 4 is 44.7 Å². The van der Waals surface area contributed by atoms with Gasteiger partial charge in [-0.05, 0) is 41.6 Å². The van der Waals surface area contributed by atoms with Gasteiger partial charge in [-0.15, -0.1) is 11.3 Å². The van der Waals surface area contributed by atoms with Crippen molar-refractivity contribution in [3.63, 3.8) is 0 Å². The van der Waals surface area contributed by atoms with Crippen molar-refractivity contribution < 1.29 is 27.1 Å². The van der Waals surface area contributed by atoms with Crippen LogP contribution in [0.1, 0.15) is 5.56 Å². The third kappa shape index (κ3) is 5.98. The molecule has 4 aromatic rings. The Labute approximate surface area is 211 Å². The molecule has 0 aliphatic rings. The van der Waals surface area contributed by atoms with E-state index in [1.165, 1.54) is 12.1 Å². The molecule has 4 rings (SSSR count). The van der Waals surface area contributed by atoms with Crippen LogP contribution in [0.4, 0.5) is 5.69 Å². The van der Waals surface area contributed by atoms with E-state index in [0.717, 1.165) is 43.4 Å². The molecule has 0 bridgehead atoms. The van der Waals surface area contributed by atoms with E-state index < -0.39 is 28.8 Å². The highest BCUT2D eigenvalue weighted by atomic mass is 32.2. The third-order valence-electron chi connectivity index (χ3n) is 5.27. The molecule has 0 amide bonds. The predicted molar refractivity (Wildman–Crippen MR) is 137 cm³/mol. The maximum Gasteiger partial charge on any atom is 0.410 e. The van der Waals surface area contributed by atoms with Gasteiger partial charge in [0.05, 0.1) is 4.92 Å². The molecule has 188 valence electrons. The summed E-state index contributed by atoms with van der Waals surface area (Å²) in [7, 11) is -8.34. The number of hydrogen-bond acceptors (Lipinski definition) is 9. The van der Waals surface area contributed by atoms with Crippen LogP contribution in [0, 0.1) is 10.1 Å². The summed E-state index contributed by atoms with van der Waals surface area (Å²) in [6.45, 7) is -0.0163. The lowest BCUT2D eigenvalue weighted by atomic mass is 10.2. The molecule has 0 aliphatic carbocycles. The lowest BCUT2D eigenvalue weighted by Crippen LogP contribution is -2.34. The number of non-ortho nitro benzene ring substituents is 1. The molecular formula is C23H22N3O7PS2. The molecule has 0 fully saturated rings. The molecule has 0 radical (unpaired) electrons. The van der Waals surface area contributed by atoms with E-state index in [-0.39, 0.29) is 22.2 Å². The van der Waals surface area contributed by atoms with Gasteiger partial charge in [0.25, 0.3) is 15.7 Å². The van der Waals surface area contributed by atoms with Gasteiger partial charge in [-0.1, -0.05) is 48.5 Å². The van der Waals surface area contributed by atoms with Crippen molar-refractivity contribution in [1.29, 1.82) is 0 Å². The van der Waals surface area contributed by atoms with Crippen LogP contribution in [0.15, 0.2) is 89.1 Å². The van der Waals surface area contributed by atoms with Gasteiger partial charge in [-0.25, -0.2) is 23.5 Å². The lowest BCUT2D eigenvalue weighted by Gasteiger charge is -2.25. The first kappa shape index (κ1) is 26.0. The molecule has 10 nitrogen and oxygen atoms in total. The molecule has 0 aliphatic heterocycles. The van der Waals surface area contributed by atoms with Crippen LogP contribution in [0.5, 0.6) is 5.75 Å². The fourth-order valence-corrected chi connectivity index (χ4v) is 8.28. The minimum atomic E-state index is -4.23. The van der Waals surface area contributed by atoms with E-state index in [1.807, 2.05) is 54.6 Å². The Bertz CT molecular complexity index is 1480. The molecular weight excluding hydrogens is 525 g/mol. The Balaban J connectivity index is 1.64. The second-order valence-electron chi connectivity index (χ2n) is 7.72. The second kappa shape index (κ2) is 10.9. The maximum absolute atomic E-state index is 13.7. The Morgan fingerprint density at radius 2 is 1.67 bits per heavy atom. The summed E-state index contributed by atoms with van der Waals surface area (Å²) < 4.78 is 52.8. The molecule has 1 aromatic heterocycles. The van der Waals surface area contributed by atoms with Gasteiger partial charge < -0.3 is 4.52 Å². The molecule has 0 saturated carbocycles. The molecule has 1 unspecified atom stereocenters. The van der Waals surface area contributed by atoms with Gasteiger partial charge in [-0.2, -0.15) is 4.31 Å². The molecule has 0 saturated heterocycles. The summed E-state index contributed by atoms with van der Waals surface area (Å²) >= 11 is 1.10. The normalized spacial score (nSPS) is 13.5. The quantitative estimate of drug-likeness (QED) is 0.154. The highest BCUT2D eigenvalue weighted by Gasteiger charge is 2.36. The van der Waals surface area contributed by atoms with Crippen molar-refractivity contribution in [3.8, 4) is 5.75 Å². The van der Waals surface area contributed by atoms with Gasteiger partial charge in [-0.3, -0.25) is 10.1 Å². The number of nitrogens with two attached hydrogens (primary N) is 1. The lowest BCUT2D eigenvalue weighted by molar-refractivity contribution is -0.384. The number of rotatable bonds is 11. The smallest absolute Gasteiger partial charge is 0.410 e. The van der Waals surface area contributed by atoms with E-state index >= 15 is 0 Å². The molecule has 1 heterocycles. The molecule has 2 N–H and O–H groups in total. The standard InChI is InChI=1S/C23H22N3O7PS2/c24-33-34(29,32-21-12-10-20(11-13-21)26(27)28)17-25(15-14-18-6-2-1-3-7-18)36(30,31)23-16-19-8-4-5-9-22(19)35-23/h1-13,16H,14-15,17,24H2. The molecule has 13 heteroatoms. The van der Waals surface area contributed by atoms with Gasteiger partial charge in [0, 0.05) is 23.4 Å². The Hall–Kier alpha value is -3.12. The van der Waals surface area contributed by atoms with E-state index in [1.54, 1.807) is 6.07 Å². The zero-order valence-corrected chi connectivity index (χ0v) is 21.3. The molecule has 36 heavy (non-hydrogen) atoms. The number of nitro benzene ring substituents is 1. The SMILES string of the molecule is NOP(=O)(CN(CCc1ccccc1)S(=O)(=O)c1cc2ccccc2s1)Oc1ccc([N+](=O)[O-])cc1. The monoisotopic (exact) mass is 547 g/mol. The third-order valence-corrected chi connectivity index (χ3v) is 10.4. The van der Waals surface area contributed by atoms with Gasteiger partial charge >= 0.3 is 7.60 Å². The second-order valence-corrected chi connectivity index (χ2v) is 12.9. The fraction of sp³-hybridized carbons (Fsp3) is 0.130. The van der Waals surface area contributed by atoms with Crippen molar-refractivity contribution in [2.75, 3.05) is 12.8 Å². The number of nitrogens with zero attached hydrogens (tertiary/aromatic N) is 2. The predicted octanol–water partition coefficient (Wildman–Crippen LogP) is 5.16. The summed E-state index contributed by atoms with van der Waals surface area (Å²) in [6.07, 6.45) is -0.322. The molecule has 1 atom stereocenters. The first-order valence-electron chi connectivity index (χ1n) is 10.6. The number of thiophene rings is 1. The Morgan fingerprint density at radius 1 is 1.00 bits per heavy atom. The minimum Gasteiger partial charge on any atom is -0.423 e. The Kier molecular flexibility index (Phi) is 7.84. The van der Waals surface area contributed by atoms with Crippen LogP contribution < -0.4 is 10.4 Å². The summed E-state index contributed by atoms with van der Waals surface area (Å²) in [5.41, 5.74) is 0.691. The van der Waals surface area contributed by atoms with Crippen LogP contribution in [-0.4, -0.2) is 30.5 Å². The molecule has 0 spiro atoms. The Morgan fingerprint density at radius 3 is 2.31 bits per heavy atom. The van der Waals surface area contributed by atoms with Gasteiger partial charge in [0.15, 0.2) is 0 Å². The fourth-order valence-electron chi connectivity index (χ4n) is 3.44. The zero-order valence-electron chi connectivity index (χ0n) is 18.8. The number of sulfonamides is 1. The average molecular weight is 548 g/mol. The van der Waals surface area contributed by atoms with Crippen LogP contribution in [0.25, 0.3) is 10.1 Å². The van der Waals surface area contributed by atoms with Crippen LogP contribution in [0.3, 0.4) is 0 Å². The van der Waals surface area contributed by atoms with Crippen LogP contribution >= 0.6 is 18.9 Å². The van der Waals surface area contributed by atoms with Crippen molar-refractivity contribution in [1.82, 2.24) is 4.31 Å². The summed E-state index contributed by atoms with van der Waals surface area (Å²) in [6, 6.07) is 22.9. The van der Waals surface area contributed by atoms with E-state index in [0.29, 0.717) is 6.42 Å². The van der Waals surface area contributed by atoms with Crippen LogP contribution in [0.2, 0.25) is 0 Å². The number of fused-ring (bicyclic) bond motifs is 1. The van der Waals surface area contributed by atoms with Crippen molar-refractivity contribution in [2.45, 2.75) is 10.6 Å². The maximum atomic E-state index is 13.7. The van der Waals surface area contributed by atoms with Crippen molar-refractivity contribution in [3.05, 3.63) is 101 Å². The summed E-state index contributed by atoms with van der Waals surface area (Å²) in [5, 5.41) is 11.7. The minimum absolute atomic E-state index is 0.0163. The molecule has 3 aromatic carbocycles. The number of nitro groups is 1.